The summed E-state index contributed by atoms with van der Waals surface area (Å²) in [5, 5.41) is 4.12. The molecule has 1 aromatic heterocycles. The highest BCUT2D eigenvalue weighted by atomic mass is 35.5. The van der Waals surface area contributed by atoms with Gasteiger partial charge < -0.3 is 11.1 Å². The Balaban J connectivity index is 0.00000144. The summed E-state index contributed by atoms with van der Waals surface area (Å²) in [4.78, 5) is 16.6. The number of carbonyl (C=O) groups excluding carboxylic acids is 1. The Bertz CT molecular complexity index is 660. The fraction of sp³-hybridized carbons (Fsp3) is 0.444. The molecule has 6 heteroatoms. The van der Waals surface area contributed by atoms with E-state index in [1.807, 2.05) is 30.3 Å². The lowest BCUT2D eigenvalue weighted by Gasteiger charge is -2.27. The molecule has 3 rings (SSSR count). The molecule has 132 valence electrons. The van der Waals surface area contributed by atoms with E-state index in [1.165, 1.54) is 12.8 Å². The van der Waals surface area contributed by atoms with E-state index < -0.39 is 0 Å². The van der Waals surface area contributed by atoms with Gasteiger partial charge in [0.2, 0.25) is 5.91 Å². The lowest BCUT2D eigenvalue weighted by atomic mass is 9.83. The predicted molar refractivity (Wildman–Crippen MR) is 103 cm³/mol. The van der Waals surface area contributed by atoms with Gasteiger partial charge in [-0.1, -0.05) is 37.1 Å². The van der Waals surface area contributed by atoms with Crippen LogP contribution in [0, 0.1) is 5.92 Å². The van der Waals surface area contributed by atoms with Crippen LogP contribution in [0.25, 0.3) is 10.9 Å². The molecule has 1 saturated carbocycles. The van der Waals surface area contributed by atoms with Crippen LogP contribution in [0.4, 0.5) is 0 Å². The van der Waals surface area contributed by atoms with Crippen LogP contribution in [0.15, 0.2) is 36.5 Å². The van der Waals surface area contributed by atoms with Gasteiger partial charge in [0.25, 0.3) is 0 Å². The summed E-state index contributed by atoms with van der Waals surface area (Å²) in [5.41, 5.74) is 8.13. The van der Waals surface area contributed by atoms with Crippen LogP contribution in [0.5, 0.6) is 0 Å². The summed E-state index contributed by atoms with van der Waals surface area (Å²) in [6.07, 6.45) is 6.84. The number of hydrogen-bond acceptors (Lipinski definition) is 3. The van der Waals surface area contributed by atoms with Crippen LogP contribution in [0.2, 0.25) is 0 Å². The van der Waals surface area contributed by atoms with Crippen LogP contribution in [-0.2, 0) is 11.3 Å². The average molecular weight is 370 g/mol. The van der Waals surface area contributed by atoms with E-state index in [2.05, 4.69) is 10.3 Å². The molecule has 1 fully saturated rings. The summed E-state index contributed by atoms with van der Waals surface area (Å²) in [6.45, 7) is 0.523. The maximum absolute atomic E-state index is 12.2. The minimum absolute atomic E-state index is 0. The minimum atomic E-state index is 0. The first-order chi connectivity index (χ1) is 10.7. The second-order valence-corrected chi connectivity index (χ2v) is 6.18. The van der Waals surface area contributed by atoms with Gasteiger partial charge >= 0.3 is 0 Å². The Labute approximate surface area is 155 Å². The standard InChI is InChI=1S/C18H23N3O.2ClH/c19-16-9-2-1-5-14(16)11-17(22)21-12-15-7-3-6-13-8-4-10-20-18(13)15;;/h3-4,6-8,10,14,16H,1-2,5,9,11-12,19H2,(H,21,22);2*1H. The average Bonchev–Trinajstić information content (AvgIpc) is 2.55. The van der Waals surface area contributed by atoms with E-state index in [0.29, 0.717) is 18.9 Å². The topological polar surface area (TPSA) is 68.0 Å². The lowest BCUT2D eigenvalue weighted by Crippen LogP contribution is -2.37. The zero-order valence-corrected chi connectivity index (χ0v) is 15.2. The Kier molecular flexibility index (Phi) is 8.46. The number of aromatic nitrogens is 1. The summed E-state index contributed by atoms with van der Waals surface area (Å²) >= 11 is 0. The molecule has 24 heavy (non-hydrogen) atoms. The second kappa shape index (κ2) is 9.82. The number of fused-ring (bicyclic) bond motifs is 1. The first kappa shape index (κ1) is 20.7. The highest BCUT2D eigenvalue weighted by Gasteiger charge is 2.23. The fourth-order valence-corrected chi connectivity index (χ4v) is 3.30. The van der Waals surface area contributed by atoms with Gasteiger partial charge in [0, 0.05) is 30.6 Å². The quantitative estimate of drug-likeness (QED) is 0.864. The number of halogens is 2. The molecule has 0 spiro atoms. The van der Waals surface area contributed by atoms with Crippen molar-refractivity contribution < 1.29 is 4.79 Å². The van der Waals surface area contributed by atoms with E-state index in [-0.39, 0.29) is 36.8 Å². The highest BCUT2D eigenvalue weighted by Crippen LogP contribution is 2.25. The van der Waals surface area contributed by atoms with Gasteiger partial charge in [0.05, 0.1) is 5.52 Å². The van der Waals surface area contributed by atoms with Crippen molar-refractivity contribution in [2.75, 3.05) is 0 Å². The maximum Gasteiger partial charge on any atom is 0.220 e. The number of para-hydroxylation sites is 1. The second-order valence-electron chi connectivity index (χ2n) is 6.18. The van der Waals surface area contributed by atoms with Crippen LogP contribution < -0.4 is 11.1 Å². The lowest BCUT2D eigenvalue weighted by molar-refractivity contribution is -0.122. The minimum Gasteiger partial charge on any atom is -0.352 e. The van der Waals surface area contributed by atoms with Gasteiger partial charge in [0.15, 0.2) is 0 Å². The van der Waals surface area contributed by atoms with E-state index in [0.717, 1.165) is 29.3 Å². The normalized spacial score (nSPS) is 19.9. The Morgan fingerprint density at radius 3 is 2.71 bits per heavy atom. The molecule has 1 aromatic carbocycles. The van der Waals surface area contributed by atoms with Gasteiger partial charge in [-0.3, -0.25) is 9.78 Å². The van der Waals surface area contributed by atoms with Crippen LogP contribution in [0.3, 0.4) is 0 Å². The van der Waals surface area contributed by atoms with Gasteiger partial charge in [-0.25, -0.2) is 0 Å². The number of amides is 1. The molecule has 1 aliphatic carbocycles. The van der Waals surface area contributed by atoms with Gasteiger partial charge in [-0.05, 0) is 30.4 Å². The van der Waals surface area contributed by atoms with Gasteiger partial charge in [-0.2, -0.15) is 0 Å². The molecule has 2 unspecified atom stereocenters. The monoisotopic (exact) mass is 369 g/mol. The molecule has 0 radical (unpaired) electrons. The summed E-state index contributed by atoms with van der Waals surface area (Å²) in [5.74, 6) is 0.426. The first-order valence-electron chi connectivity index (χ1n) is 8.09. The number of carbonyl (C=O) groups is 1. The molecule has 3 N–H and O–H groups in total. The molecule has 2 aromatic rings. The van der Waals surface area contributed by atoms with E-state index in [9.17, 15) is 4.79 Å². The third kappa shape index (κ3) is 5.07. The van der Waals surface area contributed by atoms with E-state index in [1.54, 1.807) is 6.20 Å². The summed E-state index contributed by atoms with van der Waals surface area (Å²) < 4.78 is 0. The number of pyridine rings is 1. The van der Waals surface area contributed by atoms with Gasteiger partial charge in [-0.15, -0.1) is 24.8 Å². The smallest absolute Gasteiger partial charge is 0.220 e. The number of rotatable bonds is 4. The van der Waals surface area contributed by atoms with Crippen molar-refractivity contribution in [2.45, 2.75) is 44.7 Å². The van der Waals surface area contributed by atoms with Crippen molar-refractivity contribution >= 4 is 41.6 Å². The summed E-state index contributed by atoms with van der Waals surface area (Å²) in [7, 11) is 0. The molecule has 1 heterocycles. The Hall–Kier alpha value is -1.36. The largest absolute Gasteiger partial charge is 0.352 e. The van der Waals surface area contributed by atoms with E-state index >= 15 is 0 Å². The SMILES string of the molecule is Cl.Cl.NC1CCCCC1CC(=O)NCc1cccc2cccnc12. The van der Waals surface area contributed by atoms with Crippen molar-refractivity contribution in [2.24, 2.45) is 11.7 Å². The first-order valence-corrected chi connectivity index (χ1v) is 8.09. The van der Waals surface area contributed by atoms with Crippen molar-refractivity contribution in [1.29, 1.82) is 0 Å². The number of hydrogen-bond donors (Lipinski definition) is 2. The van der Waals surface area contributed by atoms with Gasteiger partial charge in [0.1, 0.15) is 0 Å². The van der Waals surface area contributed by atoms with Crippen molar-refractivity contribution in [1.82, 2.24) is 10.3 Å². The van der Waals surface area contributed by atoms with Crippen molar-refractivity contribution in [3.05, 3.63) is 42.1 Å². The van der Waals surface area contributed by atoms with E-state index in [4.69, 9.17) is 5.73 Å². The molecule has 0 aliphatic heterocycles. The fourth-order valence-electron chi connectivity index (χ4n) is 3.30. The summed E-state index contributed by atoms with van der Waals surface area (Å²) in [6, 6.07) is 10.2. The number of nitrogens with zero attached hydrogens (tertiary/aromatic N) is 1. The molecule has 0 bridgehead atoms. The van der Waals surface area contributed by atoms with Crippen LogP contribution >= 0.6 is 24.8 Å². The number of nitrogens with one attached hydrogen (secondary N) is 1. The molecular formula is C18H25Cl2N3O. The predicted octanol–water partition coefficient (Wildman–Crippen LogP) is 3.60. The molecule has 4 nitrogen and oxygen atoms in total. The number of nitrogens with two attached hydrogens (primary N) is 1. The third-order valence-corrected chi connectivity index (χ3v) is 4.61. The molecular weight excluding hydrogens is 345 g/mol. The van der Waals surface area contributed by atoms with Crippen LogP contribution in [-0.4, -0.2) is 16.9 Å². The van der Waals surface area contributed by atoms with Crippen molar-refractivity contribution in [3.63, 3.8) is 0 Å². The molecule has 2 atom stereocenters. The molecule has 1 amide bonds. The molecule has 1 aliphatic rings. The zero-order chi connectivity index (χ0) is 15.4. The maximum atomic E-state index is 12.2. The molecule has 0 saturated heterocycles. The van der Waals surface area contributed by atoms with Crippen LogP contribution in [0.1, 0.15) is 37.7 Å². The van der Waals surface area contributed by atoms with Crippen molar-refractivity contribution in [3.8, 4) is 0 Å². The third-order valence-electron chi connectivity index (χ3n) is 4.61. The Morgan fingerprint density at radius 2 is 1.92 bits per heavy atom. The Morgan fingerprint density at radius 1 is 1.17 bits per heavy atom. The number of benzene rings is 1. The highest BCUT2D eigenvalue weighted by molar-refractivity contribution is 5.85. The zero-order valence-electron chi connectivity index (χ0n) is 13.6.